The maximum absolute atomic E-state index is 12.1. The van der Waals surface area contributed by atoms with Crippen molar-refractivity contribution in [2.75, 3.05) is 5.32 Å². The number of nitrogens with one attached hydrogen (secondary N) is 1. The molecule has 0 aliphatic rings. The van der Waals surface area contributed by atoms with E-state index < -0.39 is 0 Å². The highest BCUT2D eigenvalue weighted by molar-refractivity contribution is 9.10. The average Bonchev–Trinajstić information content (AvgIpc) is 2.50. The van der Waals surface area contributed by atoms with Crippen LogP contribution in [0.15, 0.2) is 59.2 Å². The summed E-state index contributed by atoms with van der Waals surface area (Å²) in [7, 11) is 0. The van der Waals surface area contributed by atoms with Gasteiger partial charge in [-0.1, -0.05) is 18.2 Å². The number of nitrogens with zero attached hydrogens (tertiary/aromatic N) is 1. The Labute approximate surface area is 129 Å². The van der Waals surface area contributed by atoms with Crippen LogP contribution in [-0.4, -0.2) is 16.0 Å². The highest BCUT2D eigenvalue weighted by atomic mass is 79.9. The van der Waals surface area contributed by atoms with E-state index in [4.69, 9.17) is 0 Å². The molecule has 0 saturated carbocycles. The first-order valence-electron chi connectivity index (χ1n) is 6.28. The highest BCUT2D eigenvalue weighted by Crippen LogP contribution is 2.25. The molecular formula is C16H11BrN2O2. The highest BCUT2D eigenvalue weighted by Gasteiger charge is 2.09. The number of aromatic nitrogens is 1. The normalized spacial score (nSPS) is 10.5. The van der Waals surface area contributed by atoms with Crippen LogP contribution in [0.2, 0.25) is 0 Å². The number of rotatable bonds is 2. The number of anilines is 1. The fourth-order valence-electron chi connectivity index (χ4n) is 2.00. The number of benzene rings is 2. The van der Waals surface area contributed by atoms with Crippen LogP contribution in [0.3, 0.4) is 0 Å². The molecule has 4 nitrogen and oxygen atoms in total. The lowest BCUT2D eigenvalue weighted by atomic mass is 10.2. The zero-order chi connectivity index (χ0) is 14.8. The Hall–Kier alpha value is -2.40. The Morgan fingerprint density at radius 2 is 1.95 bits per heavy atom. The zero-order valence-corrected chi connectivity index (χ0v) is 12.5. The van der Waals surface area contributed by atoms with Crippen LogP contribution in [0.1, 0.15) is 10.4 Å². The molecule has 0 aliphatic carbocycles. The quantitative estimate of drug-likeness (QED) is 0.741. The SMILES string of the molecule is O=C(Nc1cnc2ccccc2c1)c1ccc(Br)c(O)c1. The molecule has 2 N–H and O–H groups in total. The topological polar surface area (TPSA) is 62.2 Å². The van der Waals surface area contributed by atoms with E-state index in [9.17, 15) is 9.90 Å². The van der Waals surface area contributed by atoms with Crippen molar-refractivity contribution < 1.29 is 9.90 Å². The Morgan fingerprint density at radius 1 is 1.14 bits per heavy atom. The fourth-order valence-corrected chi connectivity index (χ4v) is 2.24. The zero-order valence-electron chi connectivity index (χ0n) is 10.9. The number of carbonyl (C=O) groups excluding carboxylic acids is 1. The molecule has 5 heteroatoms. The maximum Gasteiger partial charge on any atom is 0.255 e. The lowest BCUT2D eigenvalue weighted by Gasteiger charge is -2.07. The minimum absolute atomic E-state index is 0.0271. The first-order chi connectivity index (χ1) is 10.1. The number of para-hydroxylation sites is 1. The van der Waals surface area contributed by atoms with E-state index in [2.05, 4.69) is 26.2 Å². The molecule has 0 aliphatic heterocycles. The Kier molecular flexibility index (Phi) is 3.58. The number of phenols is 1. The summed E-state index contributed by atoms with van der Waals surface area (Å²) in [5.41, 5.74) is 1.86. The van der Waals surface area contributed by atoms with Gasteiger partial charge in [0.25, 0.3) is 5.91 Å². The molecule has 0 bridgehead atoms. The molecule has 3 aromatic rings. The van der Waals surface area contributed by atoms with Gasteiger partial charge in [-0.3, -0.25) is 9.78 Å². The summed E-state index contributed by atoms with van der Waals surface area (Å²) in [6.45, 7) is 0. The number of halogens is 1. The van der Waals surface area contributed by atoms with Crippen LogP contribution in [0.5, 0.6) is 5.75 Å². The summed E-state index contributed by atoms with van der Waals surface area (Å²) in [6, 6.07) is 14.2. The van der Waals surface area contributed by atoms with Gasteiger partial charge in [-0.2, -0.15) is 0 Å². The van der Waals surface area contributed by atoms with Crippen LogP contribution in [0.25, 0.3) is 10.9 Å². The molecule has 2 aromatic carbocycles. The molecule has 0 saturated heterocycles. The molecule has 3 rings (SSSR count). The lowest BCUT2D eigenvalue weighted by Crippen LogP contribution is -2.11. The maximum atomic E-state index is 12.1. The number of aromatic hydroxyl groups is 1. The molecule has 1 heterocycles. The number of hydrogen-bond acceptors (Lipinski definition) is 3. The van der Waals surface area contributed by atoms with Crippen molar-refractivity contribution in [1.82, 2.24) is 4.98 Å². The van der Waals surface area contributed by atoms with E-state index in [-0.39, 0.29) is 11.7 Å². The minimum atomic E-state index is -0.296. The third kappa shape index (κ3) is 2.87. The number of amides is 1. The van der Waals surface area contributed by atoms with Gasteiger partial charge >= 0.3 is 0 Å². The van der Waals surface area contributed by atoms with Gasteiger partial charge in [0.05, 0.1) is 21.9 Å². The number of pyridine rings is 1. The molecule has 0 radical (unpaired) electrons. The van der Waals surface area contributed by atoms with Gasteiger partial charge in [-0.05, 0) is 46.3 Å². The van der Waals surface area contributed by atoms with Gasteiger partial charge in [0.15, 0.2) is 0 Å². The minimum Gasteiger partial charge on any atom is -0.507 e. The van der Waals surface area contributed by atoms with E-state index in [0.717, 1.165) is 10.9 Å². The van der Waals surface area contributed by atoms with Gasteiger partial charge in [-0.25, -0.2) is 0 Å². The van der Waals surface area contributed by atoms with E-state index in [1.54, 1.807) is 18.3 Å². The Bertz CT molecular complexity index is 833. The summed E-state index contributed by atoms with van der Waals surface area (Å²) in [5, 5.41) is 13.3. The van der Waals surface area contributed by atoms with Crippen molar-refractivity contribution in [2.24, 2.45) is 0 Å². The predicted octanol–water partition coefficient (Wildman–Crippen LogP) is 3.96. The summed E-state index contributed by atoms with van der Waals surface area (Å²) >= 11 is 3.18. The molecule has 0 unspecified atom stereocenters. The van der Waals surface area contributed by atoms with Crippen molar-refractivity contribution in [3.05, 3.63) is 64.8 Å². The third-order valence-electron chi connectivity index (χ3n) is 3.06. The largest absolute Gasteiger partial charge is 0.507 e. The molecule has 0 spiro atoms. The fraction of sp³-hybridized carbons (Fsp3) is 0. The van der Waals surface area contributed by atoms with Gasteiger partial charge in [0.2, 0.25) is 0 Å². The Morgan fingerprint density at radius 3 is 2.76 bits per heavy atom. The van der Waals surface area contributed by atoms with Crippen LogP contribution in [0, 0.1) is 0 Å². The van der Waals surface area contributed by atoms with E-state index in [1.807, 2.05) is 30.3 Å². The smallest absolute Gasteiger partial charge is 0.255 e. The summed E-state index contributed by atoms with van der Waals surface area (Å²) < 4.78 is 0.548. The summed E-state index contributed by atoms with van der Waals surface area (Å²) in [6.07, 6.45) is 1.61. The summed E-state index contributed by atoms with van der Waals surface area (Å²) in [5.74, 6) is -0.269. The van der Waals surface area contributed by atoms with Crippen LogP contribution >= 0.6 is 15.9 Å². The third-order valence-corrected chi connectivity index (χ3v) is 3.73. The van der Waals surface area contributed by atoms with Crippen LogP contribution in [0.4, 0.5) is 5.69 Å². The van der Waals surface area contributed by atoms with Crippen molar-refractivity contribution in [3.63, 3.8) is 0 Å². The van der Waals surface area contributed by atoms with E-state index in [1.165, 1.54) is 6.07 Å². The first kappa shape index (κ1) is 13.6. The van der Waals surface area contributed by atoms with E-state index in [0.29, 0.717) is 15.7 Å². The number of fused-ring (bicyclic) bond motifs is 1. The molecule has 21 heavy (non-hydrogen) atoms. The predicted molar refractivity (Wildman–Crippen MR) is 85.5 cm³/mol. The van der Waals surface area contributed by atoms with Crippen molar-refractivity contribution in [3.8, 4) is 5.75 Å². The van der Waals surface area contributed by atoms with Crippen LogP contribution in [-0.2, 0) is 0 Å². The monoisotopic (exact) mass is 342 g/mol. The van der Waals surface area contributed by atoms with Crippen molar-refractivity contribution >= 4 is 38.4 Å². The second-order valence-corrected chi connectivity index (χ2v) is 5.39. The molecular weight excluding hydrogens is 332 g/mol. The summed E-state index contributed by atoms with van der Waals surface area (Å²) in [4.78, 5) is 16.4. The number of phenolic OH excluding ortho intramolecular Hbond substituents is 1. The number of hydrogen-bond donors (Lipinski definition) is 2. The molecule has 1 aromatic heterocycles. The first-order valence-corrected chi connectivity index (χ1v) is 7.07. The molecule has 104 valence electrons. The Balaban J connectivity index is 1.87. The molecule has 0 atom stereocenters. The van der Waals surface area contributed by atoms with Crippen molar-refractivity contribution in [2.45, 2.75) is 0 Å². The van der Waals surface area contributed by atoms with Gasteiger partial charge in [0.1, 0.15) is 5.75 Å². The van der Waals surface area contributed by atoms with Crippen molar-refractivity contribution in [1.29, 1.82) is 0 Å². The standard InChI is InChI=1S/C16H11BrN2O2/c17-13-6-5-11(8-15(13)20)16(21)19-12-7-10-3-1-2-4-14(10)18-9-12/h1-9,20H,(H,19,21). The number of carbonyl (C=O) groups is 1. The lowest BCUT2D eigenvalue weighted by molar-refractivity contribution is 0.102. The van der Waals surface area contributed by atoms with Gasteiger partial charge in [-0.15, -0.1) is 0 Å². The molecule has 1 amide bonds. The van der Waals surface area contributed by atoms with Crippen LogP contribution < -0.4 is 5.32 Å². The second-order valence-electron chi connectivity index (χ2n) is 4.54. The average molecular weight is 343 g/mol. The van der Waals surface area contributed by atoms with Gasteiger partial charge in [0, 0.05) is 10.9 Å². The van der Waals surface area contributed by atoms with E-state index >= 15 is 0 Å². The molecule has 0 fully saturated rings. The van der Waals surface area contributed by atoms with Gasteiger partial charge < -0.3 is 10.4 Å². The second kappa shape index (κ2) is 5.54.